The molecule has 0 radical (unpaired) electrons. The van der Waals surface area contributed by atoms with Crippen LogP contribution in [0.15, 0.2) is 48.5 Å². The fourth-order valence-corrected chi connectivity index (χ4v) is 3.03. The van der Waals surface area contributed by atoms with E-state index in [0.717, 1.165) is 30.0 Å². The highest BCUT2D eigenvalue weighted by Gasteiger charge is 2.23. The van der Waals surface area contributed by atoms with Crippen molar-refractivity contribution in [3.05, 3.63) is 59.7 Å². The molecule has 4 nitrogen and oxygen atoms in total. The highest BCUT2D eigenvalue weighted by molar-refractivity contribution is 6.01. The Hall–Kier alpha value is -2.49. The summed E-state index contributed by atoms with van der Waals surface area (Å²) in [6.07, 6.45) is 5.96. The first-order valence-electron chi connectivity index (χ1n) is 9.17. The first-order valence-corrected chi connectivity index (χ1v) is 9.17. The monoisotopic (exact) mass is 338 g/mol. The Morgan fingerprint density at radius 1 is 0.920 bits per heavy atom. The number of para-hydroxylation sites is 1. The van der Waals surface area contributed by atoms with E-state index in [2.05, 4.69) is 17.6 Å². The largest absolute Gasteiger partial charge is 0.494 e. The quantitative estimate of drug-likeness (QED) is 0.674. The molecule has 0 saturated heterocycles. The molecule has 0 fully saturated rings. The van der Waals surface area contributed by atoms with Crippen LogP contribution >= 0.6 is 0 Å². The average Bonchev–Trinajstić information content (AvgIpc) is 2.65. The Kier molecular flexibility index (Phi) is 5.94. The summed E-state index contributed by atoms with van der Waals surface area (Å²) in [6.45, 7) is 2.98. The molecule has 0 saturated carbocycles. The minimum absolute atomic E-state index is 0.0493. The number of anilines is 1. The smallest absolute Gasteiger partial charge is 0.255 e. The number of carbonyl (C=O) groups is 1. The van der Waals surface area contributed by atoms with Gasteiger partial charge in [-0.05, 0) is 36.2 Å². The third-order valence-corrected chi connectivity index (χ3v) is 4.48. The van der Waals surface area contributed by atoms with Crippen molar-refractivity contribution in [2.24, 2.45) is 0 Å². The highest BCUT2D eigenvalue weighted by Crippen LogP contribution is 2.27. The summed E-state index contributed by atoms with van der Waals surface area (Å²) in [7, 11) is 0. The van der Waals surface area contributed by atoms with Gasteiger partial charge in [-0.25, -0.2) is 0 Å². The van der Waals surface area contributed by atoms with Crippen LogP contribution < -0.4 is 15.4 Å². The van der Waals surface area contributed by atoms with Crippen molar-refractivity contribution < 1.29 is 9.53 Å². The van der Waals surface area contributed by atoms with Crippen molar-refractivity contribution in [1.29, 1.82) is 0 Å². The van der Waals surface area contributed by atoms with Gasteiger partial charge in [-0.15, -0.1) is 0 Å². The summed E-state index contributed by atoms with van der Waals surface area (Å²) in [6, 6.07) is 15.5. The minimum Gasteiger partial charge on any atom is -0.494 e. The van der Waals surface area contributed by atoms with Gasteiger partial charge in [0.05, 0.1) is 12.2 Å². The topological polar surface area (TPSA) is 50.4 Å². The van der Waals surface area contributed by atoms with E-state index in [0.29, 0.717) is 5.56 Å². The third-order valence-electron chi connectivity index (χ3n) is 4.48. The van der Waals surface area contributed by atoms with E-state index in [1.807, 2.05) is 48.5 Å². The van der Waals surface area contributed by atoms with Crippen LogP contribution in [0.25, 0.3) is 0 Å². The number of carbonyl (C=O) groups excluding carboxylic acids is 1. The summed E-state index contributed by atoms with van der Waals surface area (Å²) in [5.74, 6) is 0.827. The van der Waals surface area contributed by atoms with E-state index >= 15 is 0 Å². The molecule has 4 heteroatoms. The molecule has 0 bridgehead atoms. The highest BCUT2D eigenvalue weighted by atomic mass is 16.5. The lowest BCUT2D eigenvalue weighted by Gasteiger charge is -2.28. The second kappa shape index (κ2) is 8.56. The van der Waals surface area contributed by atoms with Crippen LogP contribution in [-0.2, 0) is 0 Å². The van der Waals surface area contributed by atoms with Crippen LogP contribution in [0.4, 0.5) is 5.69 Å². The van der Waals surface area contributed by atoms with Crippen LogP contribution in [0, 0.1) is 0 Å². The van der Waals surface area contributed by atoms with Gasteiger partial charge in [-0.1, -0.05) is 56.9 Å². The Labute approximate surface area is 149 Å². The molecular weight excluding hydrogens is 312 g/mol. The lowest BCUT2D eigenvalue weighted by atomic mass is 10.1. The number of benzene rings is 2. The number of hydrogen-bond donors (Lipinski definition) is 2. The molecule has 2 N–H and O–H groups in total. The summed E-state index contributed by atoms with van der Waals surface area (Å²) in [5, 5.41) is 6.35. The standard InChI is InChI=1S/C21H26N2O2/c1-2-3-4-5-8-15-25-17-13-11-16(12-14-17)20-22-19-10-7-6-9-18(19)21(24)23-20/h6-7,9-14,20,22H,2-5,8,15H2,1H3,(H,23,24). The van der Waals surface area contributed by atoms with E-state index in [1.54, 1.807) is 0 Å². The van der Waals surface area contributed by atoms with Crippen molar-refractivity contribution in [2.45, 2.75) is 45.2 Å². The van der Waals surface area contributed by atoms with Crippen LogP contribution in [0.2, 0.25) is 0 Å². The summed E-state index contributed by atoms with van der Waals surface area (Å²) < 4.78 is 5.80. The molecule has 2 aromatic carbocycles. The molecule has 0 aromatic heterocycles. The van der Waals surface area contributed by atoms with Crippen LogP contribution in [-0.4, -0.2) is 12.5 Å². The van der Waals surface area contributed by atoms with E-state index in [4.69, 9.17) is 4.74 Å². The Bertz CT molecular complexity index is 697. The normalized spacial score (nSPS) is 15.9. The molecule has 2 aromatic rings. The molecule has 1 unspecified atom stereocenters. The molecule has 132 valence electrons. The first kappa shape index (κ1) is 17.3. The maximum Gasteiger partial charge on any atom is 0.255 e. The zero-order valence-corrected chi connectivity index (χ0v) is 14.8. The molecule has 1 amide bonds. The summed E-state index contributed by atoms with van der Waals surface area (Å²) in [5.41, 5.74) is 2.56. The van der Waals surface area contributed by atoms with Gasteiger partial charge in [0.15, 0.2) is 0 Å². The van der Waals surface area contributed by atoms with Gasteiger partial charge in [0, 0.05) is 5.69 Å². The van der Waals surface area contributed by atoms with Gasteiger partial charge in [0.2, 0.25) is 0 Å². The number of unbranched alkanes of at least 4 members (excludes halogenated alkanes) is 4. The molecule has 1 aliphatic heterocycles. The lowest BCUT2D eigenvalue weighted by molar-refractivity contribution is 0.0935. The van der Waals surface area contributed by atoms with Crippen LogP contribution in [0.1, 0.15) is 61.1 Å². The fraction of sp³-hybridized carbons (Fsp3) is 0.381. The predicted molar refractivity (Wildman–Crippen MR) is 101 cm³/mol. The number of fused-ring (bicyclic) bond motifs is 1. The van der Waals surface area contributed by atoms with Gasteiger partial charge >= 0.3 is 0 Å². The SMILES string of the molecule is CCCCCCCOc1ccc(C2NC(=O)c3ccccc3N2)cc1. The second-order valence-corrected chi connectivity index (χ2v) is 6.43. The predicted octanol–water partition coefficient (Wildman–Crippen LogP) is 4.89. The van der Waals surface area contributed by atoms with Crippen LogP contribution in [0.5, 0.6) is 5.75 Å². The Morgan fingerprint density at radius 2 is 1.68 bits per heavy atom. The Balaban J connectivity index is 1.54. The van der Waals surface area contributed by atoms with E-state index in [9.17, 15) is 4.79 Å². The lowest BCUT2D eigenvalue weighted by Crippen LogP contribution is -2.38. The van der Waals surface area contributed by atoms with Crippen molar-refractivity contribution in [1.82, 2.24) is 5.32 Å². The van der Waals surface area contributed by atoms with Crippen LogP contribution in [0.3, 0.4) is 0 Å². The number of rotatable bonds is 8. The summed E-state index contributed by atoms with van der Waals surface area (Å²) >= 11 is 0. The molecule has 1 aliphatic rings. The fourth-order valence-electron chi connectivity index (χ4n) is 3.03. The zero-order chi connectivity index (χ0) is 17.5. The number of amides is 1. The van der Waals surface area contributed by atoms with Crippen molar-refractivity contribution in [2.75, 3.05) is 11.9 Å². The van der Waals surface area contributed by atoms with E-state index < -0.39 is 0 Å². The molecule has 3 rings (SSSR count). The van der Waals surface area contributed by atoms with Gasteiger partial charge in [0.1, 0.15) is 11.9 Å². The minimum atomic E-state index is -0.217. The van der Waals surface area contributed by atoms with Crippen molar-refractivity contribution in [3.63, 3.8) is 0 Å². The van der Waals surface area contributed by atoms with Crippen molar-refractivity contribution >= 4 is 11.6 Å². The first-order chi connectivity index (χ1) is 12.3. The maximum atomic E-state index is 12.2. The molecular formula is C21H26N2O2. The van der Waals surface area contributed by atoms with Gasteiger partial charge < -0.3 is 15.4 Å². The van der Waals surface area contributed by atoms with Gasteiger partial charge in [-0.3, -0.25) is 4.79 Å². The number of nitrogens with one attached hydrogen (secondary N) is 2. The average molecular weight is 338 g/mol. The van der Waals surface area contributed by atoms with Gasteiger partial charge in [0.25, 0.3) is 5.91 Å². The number of hydrogen-bond acceptors (Lipinski definition) is 3. The third kappa shape index (κ3) is 4.53. The second-order valence-electron chi connectivity index (χ2n) is 6.43. The molecule has 0 aliphatic carbocycles. The molecule has 25 heavy (non-hydrogen) atoms. The number of ether oxygens (including phenoxy) is 1. The summed E-state index contributed by atoms with van der Waals surface area (Å²) in [4.78, 5) is 12.2. The molecule has 1 heterocycles. The Morgan fingerprint density at radius 3 is 2.48 bits per heavy atom. The molecule has 0 spiro atoms. The molecule has 1 atom stereocenters. The van der Waals surface area contributed by atoms with E-state index in [1.165, 1.54) is 25.7 Å². The van der Waals surface area contributed by atoms with Crippen molar-refractivity contribution in [3.8, 4) is 5.75 Å². The zero-order valence-electron chi connectivity index (χ0n) is 14.8. The van der Waals surface area contributed by atoms with Gasteiger partial charge in [-0.2, -0.15) is 0 Å². The van der Waals surface area contributed by atoms with E-state index in [-0.39, 0.29) is 12.1 Å². The maximum absolute atomic E-state index is 12.2.